The standard InChI is InChI=1S/C19H30N4O5/c1-10(2)14-17(26)21-15(11(3)24)19(28)23-9-5-7-13(23)18(27)22-8-4-6-12(22)16(25)20-14/h10-15,24H,4-9H2,1-3H3,(H,20,25)(H,21,26). The highest BCUT2D eigenvalue weighted by Crippen LogP contribution is 2.26. The Kier molecular flexibility index (Phi) is 5.92. The van der Waals surface area contributed by atoms with Gasteiger partial charge < -0.3 is 25.5 Å². The number of amides is 4. The highest BCUT2D eigenvalue weighted by molar-refractivity contribution is 5.98. The van der Waals surface area contributed by atoms with Crippen molar-refractivity contribution in [3.63, 3.8) is 0 Å². The fraction of sp³-hybridized carbons (Fsp3) is 0.789. The average Bonchev–Trinajstić information content (AvgIpc) is 3.30. The third kappa shape index (κ3) is 3.72. The molecule has 5 atom stereocenters. The van der Waals surface area contributed by atoms with Gasteiger partial charge in [0.25, 0.3) is 0 Å². The number of nitrogens with zero attached hydrogens (tertiary/aromatic N) is 2. The second kappa shape index (κ2) is 8.06. The van der Waals surface area contributed by atoms with Gasteiger partial charge in [-0.1, -0.05) is 13.8 Å². The van der Waals surface area contributed by atoms with Crippen LogP contribution in [0, 0.1) is 5.92 Å². The SMILES string of the molecule is CC(C)C1NC(=O)C2CCCN2C(=O)C2CCCN2C(=O)C(C(C)O)NC1=O. The third-order valence-corrected chi connectivity index (χ3v) is 5.95. The lowest BCUT2D eigenvalue weighted by Gasteiger charge is -2.36. The molecule has 3 aliphatic rings. The van der Waals surface area contributed by atoms with Gasteiger partial charge in [0.15, 0.2) is 0 Å². The number of aliphatic hydroxyl groups excluding tert-OH is 1. The average molecular weight is 394 g/mol. The van der Waals surface area contributed by atoms with Crippen molar-refractivity contribution in [1.29, 1.82) is 0 Å². The summed E-state index contributed by atoms with van der Waals surface area (Å²) in [5.41, 5.74) is 0. The van der Waals surface area contributed by atoms with Gasteiger partial charge in [-0.25, -0.2) is 0 Å². The molecule has 9 nitrogen and oxygen atoms in total. The summed E-state index contributed by atoms with van der Waals surface area (Å²) in [7, 11) is 0. The summed E-state index contributed by atoms with van der Waals surface area (Å²) in [5, 5.41) is 15.5. The predicted octanol–water partition coefficient (Wildman–Crippen LogP) is -1.01. The van der Waals surface area contributed by atoms with Crippen molar-refractivity contribution in [2.45, 2.75) is 76.7 Å². The maximum Gasteiger partial charge on any atom is 0.248 e. The minimum absolute atomic E-state index is 0.221. The smallest absolute Gasteiger partial charge is 0.248 e. The first-order valence-electron chi connectivity index (χ1n) is 10.1. The van der Waals surface area contributed by atoms with E-state index >= 15 is 0 Å². The Balaban J connectivity index is 1.99. The summed E-state index contributed by atoms with van der Waals surface area (Å²) in [6, 6.07) is -3.29. The summed E-state index contributed by atoms with van der Waals surface area (Å²) in [6.45, 7) is 5.88. The molecule has 156 valence electrons. The first kappa shape index (κ1) is 20.6. The lowest BCUT2D eigenvalue weighted by molar-refractivity contribution is -0.150. The van der Waals surface area contributed by atoms with E-state index < -0.39 is 42.1 Å². The van der Waals surface area contributed by atoms with Crippen LogP contribution >= 0.6 is 0 Å². The monoisotopic (exact) mass is 394 g/mol. The summed E-state index contributed by atoms with van der Waals surface area (Å²) in [6.07, 6.45) is 1.31. The van der Waals surface area contributed by atoms with E-state index in [4.69, 9.17) is 0 Å². The van der Waals surface area contributed by atoms with Crippen LogP contribution in [-0.2, 0) is 19.2 Å². The van der Waals surface area contributed by atoms with Gasteiger partial charge in [0, 0.05) is 13.1 Å². The van der Waals surface area contributed by atoms with Crippen molar-refractivity contribution in [3.05, 3.63) is 0 Å². The first-order valence-corrected chi connectivity index (χ1v) is 10.1. The molecule has 0 saturated carbocycles. The largest absolute Gasteiger partial charge is 0.391 e. The number of carbonyl (C=O) groups excluding carboxylic acids is 4. The Morgan fingerprint density at radius 1 is 0.821 bits per heavy atom. The van der Waals surface area contributed by atoms with Crippen molar-refractivity contribution in [1.82, 2.24) is 20.4 Å². The lowest BCUT2D eigenvalue weighted by Crippen LogP contribution is -2.63. The van der Waals surface area contributed by atoms with Gasteiger partial charge in [-0.15, -0.1) is 0 Å². The van der Waals surface area contributed by atoms with Gasteiger partial charge in [0.05, 0.1) is 6.10 Å². The molecular weight excluding hydrogens is 364 g/mol. The number of rotatable bonds is 2. The molecule has 3 N–H and O–H groups in total. The molecule has 3 heterocycles. The normalized spacial score (nSPS) is 33.0. The van der Waals surface area contributed by atoms with Gasteiger partial charge in [-0.3, -0.25) is 19.2 Å². The van der Waals surface area contributed by atoms with Crippen LogP contribution in [-0.4, -0.2) is 81.9 Å². The van der Waals surface area contributed by atoms with Crippen LogP contribution in [0.4, 0.5) is 0 Å². The van der Waals surface area contributed by atoms with Crippen LogP contribution in [0.3, 0.4) is 0 Å². The van der Waals surface area contributed by atoms with E-state index in [1.165, 1.54) is 11.8 Å². The van der Waals surface area contributed by atoms with E-state index in [0.717, 1.165) is 0 Å². The first-order chi connectivity index (χ1) is 13.2. The zero-order valence-corrected chi connectivity index (χ0v) is 16.7. The fourth-order valence-corrected chi connectivity index (χ4v) is 4.38. The van der Waals surface area contributed by atoms with Gasteiger partial charge in [0.1, 0.15) is 24.2 Å². The third-order valence-electron chi connectivity index (χ3n) is 5.95. The number of carbonyl (C=O) groups is 4. The van der Waals surface area contributed by atoms with E-state index in [9.17, 15) is 24.3 Å². The Morgan fingerprint density at radius 3 is 1.93 bits per heavy atom. The number of aliphatic hydroxyl groups is 1. The Hall–Kier alpha value is -2.16. The quantitative estimate of drug-likeness (QED) is 0.554. The van der Waals surface area contributed by atoms with Crippen LogP contribution < -0.4 is 10.6 Å². The highest BCUT2D eigenvalue weighted by Gasteiger charge is 2.45. The molecule has 0 spiro atoms. The molecular formula is C19H30N4O5. The topological polar surface area (TPSA) is 119 Å². The van der Waals surface area contributed by atoms with Crippen LogP contribution in [0.2, 0.25) is 0 Å². The molecule has 9 heteroatoms. The zero-order chi connectivity index (χ0) is 20.6. The van der Waals surface area contributed by atoms with Gasteiger partial charge >= 0.3 is 0 Å². The molecule has 28 heavy (non-hydrogen) atoms. The van der Waals surface area contributed by atoms with Crippen molar-refractivity contribution < 1.29 is 24.3 Å². The highest BCUT2D eigenvalue weighted by atomic mass is 16.3. The van der Waals surface area contributed by atoms with Crippen molar-refractivity contribution in [2.75, 3.05) is 13.1 Å². The molecule has 5 unspecified atom stereocenters. The van der Waals surface area contributed by atoms with E-state index in [2.05, 4.69) is 10.6 Å². The van der Waals surface area contributed by atoms with Gasteiger partial charge in [0.2, 0.25) is 23.6 Å². The minimum atomic E-state index is -1.16. The van der Waals surface area contributed by atoms with Crippen molar-refractivity contribution in [2.24, 2.45) is 5.92 Å². The zero-order valence-electron chi connectivity index (χ0n) is 16.7. The summed E-state index contributed by atoms with van der Waals surface area (Å²) in [4.78, 5) is 55.0. The second-order valence-electron chi connectivity index (χ2n) is 8.34. The molecule has 0 aliphatic carbocycles. The molecule has 3 aliphatic heterocycles. The van der Waals surface area contributed by atoms with E-state index in [1.54, 1.807) is 18.7 Å². The molecule has 3 fully saturated rings. The van der Waals surface area contributed by atoms with E-state index in [1.807, 2.05) is 0 Å². The lowest BCUT2D eigenvalue weighted by atomic mass is 10.0. The molecule has 3 rings (SSSR count). The number of hydrogen-bond donors (Lipinski definition) is 3. The van der Waals surface area contributed by atoms with E-state index in [0.29, 0.717) is 38.8 Å². The Morgan fingerprint density at radius 2 is 1.36 bits per heavy atom. The molecule has 0 radical (unpaired) electrons. The molecule has 0 bridgehead atoms. The fourth-order valence-electron chi connectivity index (χ4n) is 4.38. The van der Waals surface area contributed by atoms with Gasteiger partial charge in [-0.05, 0) is 38.5 Å². The Bertz CT molecular complexity index is 661. The predicted molar refractivity (Wildman–Crippen MR) is 99.9 cm³/mol. The number of fused-ring (bicyclic) bond motifs is 2. The van der Waals surface area contributed by atoms with Crippen molar-refractivity contribution in [3.8, 4) is 0 Å². The number of nitrogens with one attached hydrogen (secondary N) is 2. The van der Waals surface area contributed by atoms with Crippen LogP contribution in [0.1, 0.15) is 46.5 Å². The number of hydrogen-bond acceptors (Lipinski definition) is 5. The molecule has 3 saturated heterocycles. The molecule has 0 aromatic rings. The van der Waals surface area contributed by atoms with Crippen LogP contribution in [0.25, 0.3) is 0 Å². The van der Waals surface area contributed by atoms with Crippen molar-refractivity contribution >= 4 is 23.6 Å². The minimum Gasteiger partial charge on any atom is -0.391 e. The Labute approximate surface area is 164 Å². The maximum absolute atomic E-state index is 13.2. The molecule has 4 amide bonds. The second-order valence-corrected chi connectivity index (χ2v) is 8.34. The van der Waals surface area contributed by atoms with Crippen LogP contribution in [0.5, 0.6) is 0 Å². The maximum atomic E-state index is 13.2. The summed E-state index contributed by atoms with van der Waals surface area (Å²) in [5.74, 6) is -1.74. The molecule has 0 aromatic carbocycles. The van der Waals surface area contributed by atoms with Crippen LogP contribution in [0.15, 0.2) is 0 Å². The van der Waals surface area contributed by atoms with Gasteiger partial charge in [-0.2, -0.15) is 0 Å². The summed E-state index contributed by atoms with van der Waals surface area (Å²) < 4.78 is 0. The van der Waals surface area contributed by atoms with E-state index in [-0.39, 0.29) is 17.7 Å². The molecule has 0 aromatic heterocycles. The summed E-state index contributed by atoms with van der Waals surface area (Å²) >= 11 is 0.